The van der Waals surface area contributed by atoms with E-state index in [1.807, 2.05) is 0 Å². The molecule has 0 heterocycles. The van der Waals surface area contributed by atoms with Crippen LogP contribution >= 0.6 is 0 Å². The summed E-state index contributed by atoms with van der Waals surface area (Å²) in [5, 5.41) is 3.54. The van der Waals surface area contributed by atoms with Crippen LogP contribution < -0.4 is 5.32 Å². The highest BCUT2D eigenvalue weighted by Gasteiger charge is 2.38. The quantitative estimate of drug-likeness (QED) is 0.778. The Balaban J connectivity index is 2.55. The smallest absolute Gasteiger partial charge is 0.0534 e. The Kier molecular flexibility index (Phi) is 6.13. The van der Waals surface area contributed by atoms with Crippen LogP contribution in [0.3, 0.4) is 0 Å². The van der Waals surface area contributed by atoms with E-state index in [4.69, 9.17) is 4.74 Å². The summed E-state index contributed by atoms with van der Waals surface area (Å²) in [6, 6.07) is 0. The molecule has 0 aromatic carbocycles. The topological polar surface area (TPSA) is 21.3 Å². The van der Waals surface area contributed by atoms with Crippen LogP contribution in [0.2, 0.25) is 0 Å². The van der Waals surface area contributed by atoms with E-state index in [1.54, 1.807) is 0 Å². The second-order valence-electron chi connectivity index (χ2n) is 7.06. The molecule has 2 heteroatoms. The lowest BCUT2D eigenvalue weighted by Gasteiger charge is -2.44. The van der Waals surface area contributed by atoms with Crippen molar-refractivity contribution >= 4 is 0 Å². The van der Waals surface area contributed by atoms with Gasteiger partial charge in [0.1, 0.15) is 0 Å². The molecule has 1 aliphatic rings. The summed E-state index contributed by atoms with van der Waals surface area (Å²) in [5.74, 6) is 0.883. The highest BCUT2D eigenvalue weighted by atomic mass is 16.5. The van der Waals surface area contributed by atoms with Gasteiger partial charge in [0.2, 0.25) is 0 Å². The first kappa shape index (κ1) is 16.0. The monoisotopic (exact) mass is 255 g/mol. The lowest BCUT2D eigenvalue weighted by atomic mass is 9.64. The van der Waals surface area contributed by atoms with Gasteiger partial charge >= 0.3 is 0 Å². The van der Waals surface area contributed by atoms with E-state index in [-0.39, 0.29) is 0 Å². The van der Waals surface area contributed by atoms with Crippen molar-refractivity contribution in [2.75, 3.05) is 26.3 Å². The molecule has 0 radical (unpaired) electrons. The lowest BCUT2D eigenvalue weighted by molar-refractivity contribution is 0.00138. The van der Waals surface area contributed by atoms with Crippen LogP contribution in [-0.4, -0.2) is 26.3 Å². The number of hydrogen-bond acceptors (Lipinski definition) is 2. The zero-order valence-electron chi connectivity index (χ0n) is 13.1. The van der Waals surface area contributed by atoms with Crippen LogP contribution in [0, 0.1) is 16.7 Å². The second-order valence-corrected chi connectivity index (χ2v) is 7.06. The summed E-state index contributed by atoms with van der Waals surface area (Å²) >= 11 is 0. The molecule has 0 aliphatic heterocycles. The largest absolute Gasteiger partial charge is 0.381 e. The maximum Gasteiger partial charge on any atom is 0.0534 e. The van der Waals surface area contributed by atoms with Crippen molar-refractivity contribution in [2.24, 2.45) is 16.7 Å². The van der Waals surface area contributed by atoms with Gasteiger partial charge in [-0.25, -0.2) is 0 Å². The van der Waals surface area contributed by atoms with Gasteiger partial charge < -0.3 is 10.1 Å². The molecule has 0 spiro atoms. The fourth-order valence-electron chi connectivity index (χ4n) is 3.18. The Morgan fingerprint density at radius 2 is 1.78 bits per heavy atom. The minimum absolute atomic E-state index is 0.397. The number of nitrogens with one attached hydrogen (secondary N) is 1. The summed E-state index contributed by atoms with van der Waals surface area (Å²) in [4.78, 5) is 0. The zero-order chi connectivity index (χ0) is 13.6. The van der Waals surface area contributed by atoms with Gasteiger partial charge in [-0.05, 0) is 50.5 Å². The molecule has 0 bridgehead atoms. The molecule has 0 amide bonds. The van der Waals surface area contributed by atoms with E-state index in [2.05, 4.69) is 39.9 Å². The van der Waals surface area contributed by atoms with Gasteiger partial charge in [0.05, 0.1) is 6.61 Å². The van der Waals surface area contributed by atoms with E-state index in [0.29, 0.717) is 10.8 Å². The van der Waals surface area contributed by atoms with Gasteiger partial charge in [0.25, 0.3) is 0 Å². The first-order chi connectivity index (χ1) is 8.43. The third-order valence-electron chi connectivity index (χ3n) is 4.63. The molecule has 1 saturated carbocycles. The molecular weight excluding hydrogens is 222 g/mol. The summed E-state index contributed by atoms with van der Waals surface area (Å²) in [7, 11) is 0. The maximum atomic E-state index is 5.75. The van der Waals surface area contributed by atoms with Crippen LogP contribution in [0.4, 0.5) is 0 Å². The van der Waals surface area contributed by atoms with E-state index in [1.165, 1.54) is 25.7 Å². The Bertz CT molecular complexity index is 214. The average molecular weight is 255 g/mol. The minimum Gasteiger partial charge on any atom is -0.381 e. The van der Waals surface area contributed by atoms with E-state index >= 15 is 0 Å². The number of hydrogen-bond donors (Lipinski definition) is 1. The third kappa shape index (κ3) is 4.55. The zero-order valence-corrected chi connectivity index (χ0v) is 13.1. The third-order valence-corrected chi connectivity index (χ3v) is 4.63. The van der Waals surface area contributed by atoms with Gasteiger partial charge in [-0.3, -0.25) is 0 Å². The average Bonchev–Trinajstić information content (AvgIpc) is 2.33. The highest BCUT2D eigenvalue weighted by Crippen LogP contribution is 2.45. The first-order valence-electron chi connectivity index (χ1n) is 7.72. The van der Waals surface area contributed by atoms with Crippen molar-refractivity contribution < 1.29 is 4.74 Å². The van der Waals surface area contributed by atoms with Crippen LogP contribution in [0.25, 0.3) is 0 Å². The van der Waals surface area contributed by atoms with Crippen molar-refractivity contribution in [1.82, 2.24) is 5.32 Å². The molecule has 2 nitrogen and oxygen atoms in total. The number of ether oxygens (including phenoxy) is 1. The molecule has 0 aromatic heterocycles. The summed E-state index contributed by atoms with van der Waals surface area (Å²) < 4.78 is 5.75. The minimum atomic E-state index is 0.397. The van der Waals surface area contributed by atoms with Crippen molar-refractivity contribution in [3.05, 3.63) is 0 Å². The van der Waals surface area contributed by atoms with Gasteiger partial charge in [-0.1, -0.05) is 27.7 Å². The maximum absolute atomic E-state index is 5.75. The predicted octanol–water partition coefficient (Wildman–Crippen LogP) is 3.86. The second kappa shape index (κ2) is 6.91. The molecule has 1 aliphatic carbocycles. The highest BCUT2D eigenvalue weighted by molar-refractivity contribution is 4.90. The van der Waals surface area contributed by atoms with Gasteiger partial charge in [0.15, 0.2) is 0 Å². The van der Waals surface area contributed by atoms with Gasteiger partial charge in [-0.2, -0.15) is 0 Å². The molecule has 18 heavy (non-hydrogen) atoms. The van der Waals surface area contributed by atoms with E-state index < -0.39 is 0 Å². The predicted molar refractivity (Wildman–Crippen MR) is 78.9 cm³/mol. The Morgan fingerprint density at radius 1 is 1.17 bits per heavy atom. The van der Waals surface area contributed by atoms with Crippen molar-refractivity contribution in [3.63, 3.8) is 0 Å². The molecule has 0 aromatic rings. The first-order valence-corrected chi connectivity index (χ1v) is 7.72. The summed E-state index contributed by atoms with van der Waals surface area (Å²) in [6.45, 7) is 15.4. The van der Waals surface area contributed by atoms with Crippen molar-refractivity contribution in [1.29, 1.82) is 0 Å². The number of rotatable bonds is 6. The van der Waals surface area contributed by atoms with Crippen molar-refractivity contribution in [2.45, 2.75) is 60.3 Å². The molecule has 1 N–H and O–H groups in total. The van der Waals surface area contributed by atoms with E-state index in [0.717, 1.165) is 32.2 Å². The molecule has 0 unspecified atom stereocenters. The SMILES string of the molecule is CCNCC1(COCC)CCC(C(C)(C)C)CC1. The lowest BCUT2D eigenvalue weighted by Crippen LogP contribution is -2.42. The van der Waals surface area contributed by atoms with Crippen LogP contribution in [-0.2, 0) is 4.74 Å². The van der Waals surface area contributed by atoms with Crippen LogP contribution in [0.5, 0.6) is 0 Å². The molecular formula is C16H33NO. The standard InChI is InChI=1S/C16H33NO/c1-6-17-12-16(13-18-7-2)10-8-14(9-11-16)15(3,4)5/h14,17H,6-13H2,1-5H3. The van der Waals surface area contributed by atoms with Crippen LogP contribution in [0.15, 0.2) is 0 Å². The van der Waals surface area contributed by atoms with Gasteiger partial charge in [-0.15, -0.1) is 0 Å². The van der Waals surface area contributed by atoms with Crippen molar-refractivity contribution in [3.8, 4) is 0 Å². The Labute approximate surface area is 114 Å². The molecule has 0 atom stereocenters. The normalized spacial score (nSPS) is 29.5. The fraction of sp³-hybridized carbons (Fsp3) is 1.00. The Morgan fingerprint density at radius 3 is 2.22 bits per heavy atom. The van der Waals surface area contributed by atoms with Crippen LogP contribution in [0.1, 0.15) is 60.3 Å². The van der Waals surface area contributed by atoms with Gasteiger partial charge in [0, 0.05) is 18.6 Å². The summed E-state index contributed by atoms with van der Waals surface area (Å²) in [5.41, 5.74) is 0.865. The molecule has 108 valence electrons. The fourth-order valence-corrected chi connectivity index (χ4v) is 3.18. The molecule has 1 rings (SSSR count). The molecule has 1 fully saturated rings. The summed E-state index contributed by atoms with van der Waals surface area (Å²) in [6.07, 6.45) is 5.37. The Hall–Kier alpha value is -0.0800. The molecule has 0 saturated heterocycles. The van der Waals surface area contributed by atoms with E-state index in [9.17, 15) is 0 Å².